The van der Waals surface area contributed by atoms with Crippen LogP contribution in [0.25, 0.3) is 0 Å². The molecule has 2 amide bonds. The minimum atomic E-state index is -0.539. The maximum atomic E-state index is 14.6. The third-order valence-corrected chi connectivity index (χ3v) is 13.9. The Morgan fingerprint density at radius 2 is 1.63 bits per heavy atom. The van der Waals surface area contributed by atoms with Crippen LogP contribution in [0.4, 0.5) is 0 Å². The van der Waals surface area contributed by atoms with Crippen molar-refractivity contribution in [3.63, 3.8) is 0 Å². The van der Waals surface area contributed by atoms with Crippen molar-refractivity contribution in [2.75, 3.05) is 7.11 Å². The average molecular weight is 565 g/mol. The van der Waals surface area contributed by atoms with Gasteiger partial charge in [-0.1, -0.05) is 54.0 Å². The molecular weight excluding hydrogens is 512 g/mol. The van der Waals surface area contributed by atoms with E-state index < -0.39 is 5.41 Å². The van der Waals surface area contributed by atoms with Crippen LogP contribution in [-0.2, 0) is 19.1 Å². The molecule has 2 N–H and O–H groups in total. The quantitative estimate of drug-likeness (QED) is 0.311. The number of nitrogens with one attached hydrogen (secondary N) is 2. The van der Waals surface area contributed by atoms with E-state index in [-0.39, 0.29) is 56.8 Å². The molecule has 226 valence electrons. The Labute approximate surface area is 247 Å². The van der Waals surface area contributed by atoms with Crippen molar-refractivity contribution in [1.82, 2.24) is 10.6 Å². The standard InChI is InChI=1S/C35H52N2O4/c1-22(38)37-27-11-12-33(6)26(30(27,2)3)10-13-35(8)28(33)25(39)20-23-24-21-32(5,29(40)36-18-19-41-9)15-14-31(24,4)16-17-34(23,35)7/h20,24,26-28H,10-17,21H2,1-9H3,(H,36,40)(H,37,38)/t24-,26?,27-,28+,31+,32-,33-,34+,35+/m0/s1. The van der Waals surface area contributed by atoms with Gasteiger partial charge in [0.15, 0.2) is 5.78 Å². The summed E-state index contributed by atoms with van der Waals surface area (Å²) in [7, 11) is 1.49. The molecular formula is C35H52N2O4. The van der Waals surface area contributed by atoms with Gasteiger partial charge in [-0.2, -0.15) is 0 Å². The molecule has 0 bridgehead atoms. The minimum absolute atomic E-state index is 0.0327. The molecule has 0 radical (unpaired) electrons. The van der Waals surface area contributed by atoms with Gasteiger partial charge in [0, 0.05) is 24.3 Å². The summed E-state index contributed by atoms with van der Waals surface area (Å²) in [6.07, 6.45) is 13.3. The van der Waals surface area contributed by atoms with E-state index in [4.69, 9.17) is 4.74 Å². The number of carbonyl (C=O) groups excluding carboxylic acids is 3. The average Bonchev–Trinajstić information content (AvgIpc) is 2.88. The molecule has 0 spiro atoms. The highest BCUT2D eigenvalue weighted by molar-refractivity contribution is 5.96. The Morgan fingerprint density at radius 1 is 0.951 bits per heavy atom. The first kappa shape index (κ1) is 30.2. The first-order valence-electron chi connectivity index (χ1n) is 15.8. The molecule has 0 heterocycles. The number of rotatable bonds is 2. The van der Waals surface area contributed by atoms with Crippen molar-refractivity contribution in [2.45, 2.75) is 119 Å². The zero-order chi connectivity index (χ0) is 30.2. The monoisotopic (exact) mass is 564 g/mol. The number of ether oxygens (including phenoxy) is 1. The van der Waals surface area contributed by atoms with Gasteiger partial charge in [0.2, 0.25) is 11.8 Å². The van der Waals surface area contributed by atoms with Crippen LogP contribution in [0.5, 0.6) is 0 Å². The molecule has 41 heavy (non-hydrogen) atoms. The van der Waals surface area contributed by atoms with Crippen molar-refractivity contribution in [3.05, 3.63) is 11.6 Å². The van der Waals surface area contributed by atoms with Gasteiger partial charge in [0.25, 0.3) is 0 Å². The third-order valence-electron chi connectivity index (χ3n) is 13.9. The third kappa shape index (κ3) is 4.22. The van der Waals surface area contributed by atoms with Gasteiger partial charge >= 0.3 is 0 Å². The Hall–Kier alpha value is -2.29. The van der Waals surface area contributed by atoms with Crippen molar-refractivity contribution < 1.29 is 19.1 Å². The highest BCUT2D eigenvalue weighted by Crippen LogP contribution is 2.75. The van der Waals surface area contributed by atoms with Gasteiger partial charge < -0.3 is 10.1 Å². The first-order chi connectivity index (χ1) is 19.0. The lowest BCUT2D eigenvalue weighted by Gasteiger charge is -2.70. The van der Waals surface area contributed by atoms with Crippen LogP contribution < -0.4 is 10.6 Å². The zero-order valence-corrected chi connectivity index (χ0v) is 26.9. The lowest BCUT2D eigenvalue weighted by atomic mass is 9.33. The summed E-state index contributed by atoms with van der Waals surface area (Å²) >= 11 is 0. The number of ketones is 1. The van der Waals surface area contributed by atoms with Gasteiger partial charge in [-0.05, 0) is 103 Å². The summed E-state index contributed by atoms with van der Waals surface area (Å²) in [6.45, 7) is 18.0. The van der Waals surface area contributed by atoms with E-state index in [9.17, 15) is 14.4 Å². The highest BCUT2D eigenvalue weighted by atomic mass is 16.5. The molecule has 5 rings (SSSR count). The number of hydrogen-bond acceptors (Lipinski definition) is 4. The Balaban J connectivity index is 1.53. The van der Waals surface area contributed by atoms with Crippen molar-refractivity contribution in [3.8, 4) is 12.2 Å². The van der Waals surface area contributed by atoms with Gasteiger partial charge in [-0.25, -0.2) is 0 Å². The summed E-state index contributed by atoms with van der Waals surface area (Å²) in [4.78, 5) is 39.9. The Bertz CT molecular complexity index is 1240. The topological polar surface area (TPSA) is 84.5 Å². The van der Waals surface area contributed by atoms with Crippen molar-refractivity contribution in [1.29, 1.82) is 0 Å². The van der Waals surface area contributed by atoms with E-state index in [1.165, 1.54) is 12.7 Å². The molecule has 9 atom stereocenters. The molecule has 6 nitrogen and oxygen atoms in total. The summed E-state index contributed by atoms with van der Waals surface area (Å²) in [5.74, 6) is 0.810. The van der Waals surface area contributed by atoms with E-state index in [0.717, 1.165) is 57.8 Å². The Morgan fingerprint density at radius 3 is 2.29 bits per heavy atom. The van der Waals surface area contributed by atoms with Crippen molar-refractivity contribution in [2.24, 2.45) is 50.2 Å². The van der Waals surface area contributed by atoms with E-state index in [0.29, 0.717) is 11.7 Å². The molecule has 4 saturated carbocycles. The van der Waals surface area contributed by atoms with Gasteiger partial charge in [-0.15, -0.1) is 0 Å². The van der Waals surface area contributed by atoms with E-state index in [2.05, 4.69) is 77.3 Å². The minimum Gasteiger partial charge on any atom is -0.449 e. The van der Waals surface area contributed by atoms with Crippen LogP contribution in [-0.4, -0.2) is 30.7 Å². The van der Waals surface area contributed by atoms with Crippen LogP contribution in [0.1, 0.15) is 113 Å². The van der Waals surface area contributed by atoms with Crippen LogP contribution >= 0.6 is 0 Å². The van der Waals surface area contributed by atoms with Gasteiger partial charge in [0.1, 0.15) is 6.11 Å². The largest absolute Gasteiger partial charge is 0.449 e. The molecule has 4 fully saturated rings. The molecule has 0 aliphatic heterocycles. The molecule has 1 unspecified atom stereocenters. The summed E-state index contributed by atoms with van der Waals surface area (Å²) < 4.78 is 4.81. The number of allylic oxidation sites excluding steroid dienone is 2. The van der Waals surface area contributed by atoms with Crippen LogP contribution in [0.2, 0.25) is 0 Å². The molecule has 6 heteroatoms. The normalized spacial score (nSPS) is 46.2. The van der Waals surface area contributed by atoms with Gasteiger partial charge in [-0.3, -0.25) is 19.7 Å². The van der Waals surface area contributed by atoms with Crippen molar-refractivity contribution >= 4 is 17.6 Å². The lowest BCUT2D eigenvalue weighted by molar-refractivity contribution is -0.189. The summed E-state index contributed by atoms with van der Waals surface area (Å²) in [5.41, 5.74) is 0.430. The van der Waals surface area contributed by atoms with E-state index in [1.54, 1.807) is 6.92 Å². The second kappa shape index (κ2) is 9.61. The SMILES string of the molecule is COC#CNC(=O)[C@@]1(C)CC[C@]2(C)CC[C@]3(C)C(=CC(=O)[C@@H]4[C@@]5(C)CC[C@H](NC(C)=O)C(C)(C)C5CC[C@]43C)[C@@H]2C1. The number of carbonyl (C=O) groups is 3. The first-order valence-corrected chi connectivity index (χ1v) is 15.8. The molecule has 0 aromatic rings. The number of hydrogen-bond donors (Lipinski definition) is 2. The number of fused-ring (bicyclic) bond motifs is 7. The highest BCUT2D eigenvalue weighted by Gasteiger charge is 2.70. The fourth-order valence-corrected chi connectivity index (χ4v) is 11.2. The van der Waals surface area contributed by atoms with Gasteiger partial charge in [0.05, 0.1) is 13.2 Å². The fraction of sp³-hybridized carbons (Fsp3) is 0.800. The molecule has 0 aromatic heterocycles. The number of amides is 2. The fourth-order valence-electron chi connectivity index (χ4n) is 11.2. The molecule has 0 aromatic carbocycles. The molecule has 5 aliphatic rings. The summed E-state index contributed by atoms with van der Waals surface area (Å²) in [5, 5.41) is 6.02. The molecule has 5 aliphatic carbocycles. The zero-order valence-electron chi connectivity index (χ0n) is 26.9. The van der Waals surface area contributed by atoms with E-state index >= 15 is 0 Å². The number of methoxy groups -OCH3 is 1. The maximum Gasteiger partial charge on any atom is 0.237 e. The summed E-state index contributed by atoms with van der Waals surface area (Å²) in [6, 6.07) is 2.78. The van der Waals surface area contributed by atoms with E-state index in [1.807, 2.05) is 0 Å². The van der Waals surface area contributed by atoms with Crippen LogP contribution in [0.15, 0.2) is 11.6 Å². The van der Waals surface area contributed by atoms with Crippen LogP contribution in [0, 0.1) is 62.4 Å². The lowest BCUT2D eigenvalue weighted by Crippen LogP contribution is -2.67. The Kier molecular flexibility index (Phi) is 7.08. The maximum absolute atomic E-state index is 14.6. The smallest absolute Gasteiger partial charge is 0.237 e. The second-order valence-corrected chi connectivity index (χ2v) is 16.3. The molecule has 0 saturated heterocycles. The predicted molar refractivity (Wildman–Crippen MR) is 160 cm³/mol. The predicted octanol–water partition coefficient (Wildman–Crippen LogP) is 6.15. The van der Waals surface area contributed by atoms with Crippen LogP contribution in [0.3, 0.4) is 0 Å². The second-order valence-electron chi connectivity index (χ2n) is 16.3.